The van der Waals surface area contributed by atoms with Gasteiger partial charge >= 0.3 is 0 Å². The highest BCUT2D eigenvalue weighted by Gasteiger charge is 2.16. The van der Waals surface area contributed by atoms with Crippen LogP contribution in [0.5, 0.6) is 5.75 Å². The number of hydrogen-bond acceptors (Lipinski definition) is 5. The summed E-state index contributed by atoms with van der Waals surface area (Å²) in [7, 11) is 0. The summed E-state index contributed by atoms with van der Waals surface area (Å²) >= 11 is 1.67. The van der Waals surface area contributed by atoms with E-state index in [4.69, 9.17) is 4.74 Å². The van der Waals surface area contributed by atoms with E-state index in [1.807, 2.05) is 24.3 Å². The molecule has 0 bridgehead atoms. The number of rotatable bonds is 7. The fourth-order valence-corrected chi connectivity index (χ4v) is 5.10. The van der Waals surface area contributed by atoms with Crippen molar-refractivity contribution in [3.63, 3.8) is 0 Å². The topological polar surface area (TPSA) is 47.0 Å². The Morgan fingerprint density at radius 2 is 1.84 bits per heavy atom. The maximum atomic E-state index is 5.78. The molecule has 0 saturated carbocycles. The third-order valence-corrected chi connectivity index (χ3v) is 6.80. The second-order valence-corrected chi connectivity index (χ2v) is 8.95. The molecule has 2 aromatic carbocycles. The summed E-state index contributed by atoms with van der Waals surface area (Å²) in [6.45, 7) is 2.93. The van der Waals surface area contributed by atoms with Crippen molar-refractivity contribution < 1.29 is 4.74 Å². The van der Waals surface area contributed by atoms with Gasteiger partial charge in [0.1, 0.15) is 22.7 Å². The normalized spacial score (nSPS) is 13.2. The molecule has 5 rings (SSSR count). The fourth-order valence-electron chi connectivity index (χ4n) is 4.19. The number of fused-ring (bicyclic) bond motifs is 2. The van der Waals surface area contributed by atoms with Crippen molar-refractivity contribution in [2.24, 2.45) is 0 Å². The quantitative estimate of drug-likeness (QED) is 0.317. The number of hydrogen-bond donors (Lipinski definition) is 1. The molecule has 0 atom stereocenters. The van der Waals surface area contributed by atoms with Crippen LogP contribution >= 0.6 is 11.3 Å². The molecule has 31 heavy (non-hydrogen) atoms. The van der Waals surface area contributed by atoms with Crippen LogP contribution in [0.1, 0.15) is 43.7 Å². The molecule has 0 unspecified atom stereocenters. The predicted molar refractivity (Wildman–Crippen MR) is 130 cm³/mol. The molecule has 1 N–H and O–H groups in total. The Kier molecular flexibility index (Phi) is 5.85. The largest absolute Gasteiger partial charge is 0.494 e. The molecule has 1 aliphatic carbocycles. The number of nitrogens with zero attached hydrogens (tertiary/aromatic N) is 2. The highest BCUT2D eigenvalue weighted by Crippen LogP contribution is 2.38. The summed E-state index contributed by atoms with van der Waals surface area (Å²) in [4.78, 5) is 10.1. The molecule has 5 heteroatoms. The van der Waals surface area contributed by atoms with Gasteiger partial charge in [0.05, 0.1) is 12.0 Å². The zero-order valence-corrected chi connectivity index (χ0v) is 18.7. The molecule has 2 heterocycles. The molecule has 0 saturated heterocycles. The van der Waals surface area contributed by atoms with E-state index in [2.05, 4.69) is 45.8 Å². The summed E-state index contributed by atoms with van der Waals surface area (Å²) in [6, 6.07) is 15.0. The third-order valence-electron chi connectivity index (χ3n) is 5.91. The van der Waals surface area contributed by atoms with Crippen LogP contribution < -0.4 is 10.1 Å². The first kappa shape index (κ1) is 20.0. The number of nitrogens with one attached hydrogen (secondary N) is 1. The summed E-state index contributed by atoms with van der Waals surface area (Å²) in [5.74, 6) is 1.75. The van der Waals surface area contributed by atoms with E-state index in [0.29, 0.717) is 0 Å². The van der Waals surface area contributed by atoms with Crippen molar-refractivity contribution in [3.8, 4) is 16.9 Å². The molecule has 158 valence electrons. The number of aromatic nitrogens is 2. The first-order valence-electron chi connectivity index (χ1n) is 11.2. The van der Waals surface area contributed by atoms with Gasteiger partial charge in [-0.3, -0.25) is 0 Å². The number of ether oxygens (including phenoxy) is 1. The highest BCUT2D eigenvalue weighted by molar-refractivity contribution is 7.17. The van der Waals surface area contributed by atoms with Gasteiger partial charge in [0.2, 0.25) is 0 Å². The molecule has 4 nitrogen and oxygen atoms in total. The summed E-state index contributed by atoms with van der Waals surface area (Å²) in [6.07, 6.45) is 8.82. The zero-order chi connectivity index (χ0) is 21.0. The standard InChI is InChI=1S/C26H27N3OS/c1-2-3-14-30-22-12-10-21(11-13-22)29-25-24-23(16-31-26(24)28-17-27-25)20-9-8-18-6-4-5-7-19(18)15-20/h8-13,15-17H,2-7,14H2,1H3,(H,27,28,29). The second kappa shape index (κ2) is 9.06. The molecule has 0 radical (unpaired) electrons. The van der Waals surface area contributed by atoms with Gasteiger partial charge in [0, 0.05) is 16.6 Å². The Morgan fingerprint density at radius 1 is 1.00 bits per heavy atom. The Labute approximate surface area is 187 Å². The molecular weight excluding hydrogens is 402 g/mol. The maximum Gasteiger partial charge on any atom is 0.143 e. The predicted octanol–water partition coefficient (Wildman–Crippen LogP) is 7.16. The minimum atomic E-state index is 0.759. The van der Waals surface area contributed by atoms with Crippen LogP contribution in [-0.2, 0) is 12.8 Å². The molecule has 0 amide bonds. The van der Waals surface area contributed by atoms with Crippen molar-refractivity contribution in [1.29, 1.82) is 0 Å². The monoisotopic (exact) mass is 429 g/mol. The molecule has 0 aliphatic heterocycles. The first-order chi connectivity index (χ1) is 15.3. The Bertz CT molecular complexity index is 1180. The van der Waals surface area contributed by atoms with E-state index in [1.165, 1.54) is 47.9 Å². The van der Waals surface area contributed by atoms with Crippen LogP contribution in [0.3, 0.4) is 0 Å². The van der Waals surface area contributed by atoms with E-state index in [0.717, 1.165) is 46.9 Å². The number of thiophene rings is 1. The van der Waals surface area contributed by atoms with Crippen molar-refractivity contribution in [2.75, 3.05) is 11.9 Å². The Hall–Kier alpha value is -2.92. The minimum Gasteiger partial charge on any atom is -0.494 e. The van der Waals surface area contributed by atoms with Crippen LogP contribution in [0.15, 0.2) is 54.2 Å². The Morgan fingerprint density at radius 3 is 2.68 bits per heavy atom. The highest BCUT2D eigenvalue weighted by atomic mass is 32.1. The first-order valence-corrected chi connectivity index (χ1v) is 12.0. The number of benzene rings is 2. The molecule has 2 aromatic heterocycles. The van der Waals surface area contributed by atoms with E-state index in [-0.39, 0.29) is 0 Å². The van der Waals surface area contributed by atoms with Crippen molar-refractivity contribution in [2.45, 2.75) is 45.4 Å². The van der Waals surface area contributed by atoms with Gasteiger partial charge in [0.25, 0.3) is 0 Å². The average molecular weight is 430 g/mol. The van der Waals surface area contributed by atoms with E-state index < -0.39 is 0 Å². The zero-order valence-electron chi connectivity index (χ0n) is 17.9. The van der Waals surface area contributed by atoms with Gasteiger partial charge in [-0.05, 0) is 73.1 Å². The fraction of sp³-hybridized carbons (Fsp3) is 0.308. The van der Waals surface area contributed by atoms with Gasteiger partial charge in [-0.1, -0.05) is 31.5 Å². The maximum absolute atomic E-state index is 5.78. The summed E-state index contributed by atoms with van der Waals surface area (Å²) in [5, 5.41) is 6.80. The SMILES string of the molecule is CCCCOc1ccc(Nc2ncnc3scc(-c4ccc5c(c4)CCCC5)c23)cc1. The van der Waals surface area contributed by atoms with Crippen LogP contribution in [0.2, 0.25) is 0 Å². The smallest absolute Gasteiger partial charge is 0.143 e. The van der Waals surface area contributed by atoms with E-state index >= 15 is 0 Å². The van der Waals surface area contributed by atoms with Crippen molar-refractivity contribution in [1.82, 2.24) is 9.97 Å². The van der Waals surface area contributed by atoms with Crippen molar-refractivity contribution in [3.05, 3.63) is 65.3 Å². The molecule has 1 aliphatic rings. The molecule has 4 aromatic rings. The Balaban J connectivity index is 1.44. The van der Waals surface area contributed by atoms with Gasteiger partial charge in [-0.2, -0.15) is 0 Å². The van der Waals surface area contributed by atoms with Crippen molar-refractivity contribution >= 4 is 33.1 Å². The summed E-state index contributed by atoms with van der Waals surface area (Å²) < 4.78 is 5.78. The van der Waals surface area contributed by atoms with Gasteiger partial charge < -0.3 is 10.1 Å². The molecule has 0 spiro atoms. The lowest BCUT2D eigenvalue weighted by Gasteiger charge is -2.16. The minimum absolute atomic E-state index is 0.759. The van der Waals surface area contributed by atoms with Gasteiger partial charge in [-0.25, -0.2) is 9.97 Å². The number of unbranched alkanes of at least 4 members (excludes halogenated alkanes) is 1. The number of aryl methyl sites for hydroxylation is 2. The third kappa shape index (κ3) is 4.28. The average Bonchev–Trinajstić information content (AvgIpc) is 3.25. The van der Waals surface area contributed by atoms with E-state index in [1.54, 1.807) is 17.7 Å². The van der Waals surface area contributed by atoms with Gasteiger partial charge in [0.15, 0.2) is 0 Å². The van der Waals surface area contributed by atoms with Crippen LogP contribution in [0.25, 0.3) is 21.3 Å². The van der Waals surface area contributed by atoms with Crippen LogP contribution in [0.4, 0.5) is 11.5 Å². The lowest BCUT2D eigenvalue weighted by atomic mass is 9.89. The lowest BCUT2D eigenvalue weighted by molar-refractivity contribution is 0.309. The van der Waals surface area contributed by atoms with Gasteiger partial charge in [-0.15, -0.1) is 11.3 Å². The lowest BCUT2D eigenvalue weighted by Crippen LogP contribution is -2.02. The summed E-state index contributed by atoms with van der Waals surface area (Å²) in [5.41, 5.74) is 6.45. The number of anilines is 2. The van der Waals surface area contributed by atoms with E-state index in [9.17, 15) is 0 Å². The molecular formula is C26H27N3OS. The molecule has 0 fully saturated rings. The second-order valence-electron chi connectivity index (χ2n) is 8.09. The van der Waals surface area contributed by atoms with Crippen LogP contribution in [0, 0.1) is 0 Å². The van der Waals surface area contributed by atoms with Crippen LogP contribution in [-0.4, -0.2) is 16.6 Å².